The monoisotopic (exact) mass is 416 g/mol. The summed E-state index contributed by atoms with van der Waals surface area (Å²) in [6, 6.07) is 6.60. The number of carbonyl (C=O) groups is 3. The van der Waals surface area contributed by atoms with E-state index in [-0.39, 0.29) is 10.6 Å². The maximum absolute atomic E-state index is 12.5. The van der Waals surface area contributed by atoms with E-state index in [9.17, 15) is 24.5 Å². The number of imide groups is 1. The van der Waals surface area contributed by atoms with Crippen LogP contribution in [0.3, 0.4) is 0 Å². The van der Waals surface area contributed by atoms with Crippen LogP contribution < -0.4 is 0 Å². The summed E-state index contributed by atoms with van der Waals surface area (Å²) in [5.74, 6) is -0.640. The number of rotatable bonds is 5. The molecule has 2 aromatic rings. The fraction of sp³-hybridized carbons (Fsp3) is 0.211. The highest BCUT2D eigenvalue weighted by molar-refractivity contribution is 8.18. The van der Waals surface area contributed by atoms with Gasteiger partial charge < -0.3 is 9.15 Å². The zero-order valence-electron chi connectivity index (χ0n) is 15.7. The summed E-state index contributed by atoms with van der Waals surface area (Å²) in [7, 11) is 1.17. The van der Waals surface area contributed by atoms with Crippen LogP contribution in [0.4, 0.5) is 10.5 Å². The number of esters is 1. The summed E-state index contributed by atoms with van der Waals surface area (Å²) < 4.78 is 10.3. The maximum Gasteiger partial charge on any atom is 0.328 e. The van der Waals surface area contributed by atoms with Gasteiger partial charge in [-0.1, -0.05) is 6.07 Å². The largest absolute Gasteiger partial charge is 0.467 e. The number of nitrogens with zero attached hydrogens (tertiary/aromatic N) is 2. The van der Waals surface area contributed by atoms with E-state index in [0.29, 0.717) is 28.8 Å². The normalized spacial score (nSPS) is 16.4. The molecule has 150 valence electrons. The van der Waals surface area contributed by atoms with Crippen molar-refractivity contribution in [1.82, 2.24) is 4.90 Å². The number of hydrogen-bond donors (Lipinski definition) is 0. The molecule has 0 bridgehead atoms. The van der Waals surface area contributed by atoms with Gasteiger partial charge in [-0.25, -0.2) is 4.79 Å². The lowest BCUT2D eigenvalue weighted by molar-refractivity contribution is -0.384. The molecule has 0 radical (unpaired) electrons. The molecule has 0 N–H and O–H groups in total. The molecule has 1 aromatic carbocycles. The first kappa shape index (κ1) is 20.3. The molecule has 1 aliphatic rings. The SMILES string of the molecule is COC(=O)[C@@H](C)N1C(=O)S/C(=C/c2ccc(-c3cc([N+](=O)[O-])ccc3C)o2)C1=O. The van der Waals surface area contributed by atoms with E-state index in [1.54, 1.807) is 25.1 Å². The van der Waals surface area contributed by atoms with Crippen LogP contribution in [0.15, 0.2) is 39.7 Å². The summed E-state index contributed by atoms with van der Waals surface area (Å²) in [6.45, 7) is 3.20. The Labute approximate surface area is 169 Å². The van der Waals surface area contributed by atoms with Gasteiger partial charge >= 0.3 is 5.97 Å². The van der Waals surface area contributed by atoms with Gasteiger partial charge in [0.25, 0.3) is 16.8 Å². The van der Waals surface area contributed by atoms with E-state index in [0.717, 1.165) is 10.5 Å². The van der Waals surface area contributed by atoms with Gasteiger partial charge in [-0.15, -0.1) is 0 Å². The Balaban J connectivity index is 1.89. The highest BCUT2D eigenvalue weighted by Crippen LogP contribution is 2.35. The van der Waals surface area contributed by atoms with Crippen molar-refractivity contribution in [3.8, 4) is 11.3 Å². The predicted octanol–water partition coefficient (Wildman–Crippen LogP) is 3.76. The molecular formula is C19H16N2O7S. The first-order chi connectivity index (χ1) is 13.7. The molecule has 0 spiro atoms. The third-order valence-corrected chi connectivity index (χ3v) is 5.23. The average Bonchev–Trinajstić information content (AvgIpc) is 3.25. The molecule has 1 saturated heterocycles. The fourth-order valence-corrected chi connectivity index (χ4v) is 3.67. The Hall–Kier alpha value is -3.40. The zero-order valence-corrected chi connectivity index (χ0v) is 16.5. The second-order valence-electron chi connectivity index (χ2n) is 6.21. The predicted molar refractivity (Wildman–Crippen MR) is 105 cm³/mol. The number of hydrogen-bond acceptors (Lipinski definition) is 8. The molecule has 29 heavy (non-hydrogen) atoms. The number of furan rings is 1. The number of ether oxygens (including phenoxy) is 1. The summed E-state index contributed by atoms with van der Waals surface area (Å²) in [5, 5.41) is 10.4. The topological polar surface area (TPSA) is 120 Å². The van der Waals surface area contributed by atoms with Crippen LogP contribution >= 0.6 is 11.8 Å². The van der Waals surface area contributed by atoms with Crippen LogP contribution in [0, 0.1) is 17.0 Å². The van der Waals surface area contributed by atoms with Gasteiger partial charge in [-0.3, -0.25) is 24.6 Å². The first-order valence-corrected chi connectivity index (χ1v) is 9.24. The molecule has 10 heteroatoms. The van der Waals surface area contributed by atoms with E-state index >= 15 is 0 Å². The van der Waals surface area contributed by atoms with Crippen molar-refractivity contribution in [3.05, 3.63) is 56.7 Å². The van der Waals surface area contributed by atoms with Crippen molar-refractivity contribution in [2.24, 2.45) is 0 Å². The standard InChI is InChI=1S/C19H16N2O7S/c1-10-4-5-12(21(25)26)8-14(10)15-7-6-13(28-15)9-16-17(22)20(19(24)29-16)11(2)18(23)27-3/h4-9,11H,1-3H3/b16-9+/t11-/m1/s1. The van der Waals surface area contributed by atoms with Crippen LogP contribution in [-0.2, 0) is 14.3 Å². The number of nitro benzene ring substituents is 1. The van der Waals surface area contributed by atoms with Gasteiger partial charge in [0.15, 0.2) is 0 Å². The van der Waals surface area contributed by atoms with Gasteiger partial charge in [0.05, 0.1) is 16.9 Å². The molecule has 1 aliphatic heterocycles. The van der Waals surface area contributed by atoms with E-state index in [2.05, 4.69) is 4.74 Å². The molecule has 0 unspecified atom stereocenters. The van der Waals surface area contributed by atoms with E-state index in [4.69, 9.17) is 4.42 Å². The Kier molecular flexibility index (Phi) is 5.55. The van der Waals surface area contributed by atoms with Crippen LogP contribution in [-0.4, -0.2) is 40.1 Å². The van der Waals surface area contributed by atoms with Gasteiger partial charge in [-0.05, 0) is 43.3 Å². The lowest BCUT2D eigenvalue weighted by Crippen LogP contribution is -2.42. The molecular weight excluding hydrogens is 400 g/mol. The second-order valence-corrected chi connectivity index (χ2v) is 7.20. The van der Waals surface area contributed by atoms with Crippen molar-refractivity contribution in [3.63, 3.8) is 0 Å². The number of carbonyl (C=O) groups excluding carboxylic acids is 3. The van der Waals surface area contributed by atoms with Gasteiger partial charge in [-0.2, -0.15) is 0 Å². The third kappa shape index (κ3) is 3.92. The average molecular weight is 416 g/mol. The van der Waals surface area contributed by atoms with Crippen LogP contribution in [0.2, 0.25) is 0 Å². The quantitative estimate of drug-likeness (QED) is 0.313. The fourth-order valence-electron chi connectivity index (χ4n) is 2.78. The number of benzene rings is 1. The number of aryl methyl sites for hydroxylation is 1. The van der Waals surface area contributed by atoms with Gasteiger partial charge in [0.2, 0.25) is 0 Å². The molecule has 1 atom stereocenters. The minimum atomic E-state index is -1.04. The van der Waals surface area contributed by atoms with Gasteiger partial charge in [0, 0.05) is 23.8 Å². The molecule has 9 nitrogen and oxygen atoms in total. The Morgan fingerprint density at radius 1 is 1.31 bits per heavy atom. The first-order valence-electron chi connectivity index (χ1n) is 8.43. The van der Waals surface area contributed by atoms with Crippen LogP contribution in [0.25, 0.3) is 17.4 Å². The van der Waals surface area contributed by atoms with Crippen molar-refractivity contribution in [2.45, 2.75) is 19.9 Å². The lowest BCUT2D eigenvalue weighted by Gasteiger charge is -2.18. The Bertz CT molecular complexity index is 1060. The van der Waals surface area contributed by atoms with Crippen LogP contribution in [0.5, 0.6) is 0 Å². The Morgan fingerprint density at radius 2 is 2.03 bits per heavy atom. The van der Waals surface area contributed by atoms with Crippen molar-refractivity contribution >= 4 is 40.6 Å². The van der Waals surface area contributed by atoms with E-state index in [1.807, 2.05) is 0 Å². The number of amides is 2. The summed E-state index contributed by atoms with van der Waals surface area (Å²) in [6.07, 6.45) is 1.39. The second kappa shape index (κ2) is 7.92. The molecule has 0 aliphatic carbocycles. The maximum atomic E-state index is 12.5. The van der Waals surface area contributed by atoms with Crippen molar-refractivity contribution in [1.29, 1.82) is 0 Å². The van der Waals surface area contributed by atoms with Gasteiger partial charge in [0.1, 0.15) is 17.6 Å². The number of thioether (sulfide) groups is 1. The summed E-state index contributed by atoms with van der Waals surface area (Å²) in [4.78, 5) is 47.8. The highest BCUT2D eigenvalue weighted by atomic mass is 32.2. The molecule has 0 saturated carbocycles. The van der Waals surface area contributed by atoms with Crippen molar-refractivity contribution < 1.29 is 28.5 Å². The zero-order chi connectivity index (χ0) is 21.3. The molecule has 2 heterocycles. The van der Waals surface area contributed by atoms with Crippen molar-refractivity contribution in [2.75, 3.05) is 7.11 Å². The summed E-state index contributed by atoms with van der Waals surface area (Å²) in [5.41, 5.74) is 1.26. The molecule has 1 aromatic heterocycles. The number of methoxy groups -OCH3 is 1. The minimum Gasteiger partial charge on any atom is -0.467 e. The number of nitro groups is 1. The molecule has 2 amide bonds. The summed E-state index contributed by atoms with van der Waals surface area (Å²) >= 11 is 0.689. The molecule has 1 fully saturated rings. The molecule has 3 rings (SSSR count). The smallest absolute Gasteiger partial charge is 0.328 e. The minimum absolute atomic E-state index is 0.0681. The highest BCUT2D eigenvalue weighted by Gasteiger charge is 2.41. The third-order valence-electron chi connectivity index (χ3n) is 4.35. The Morgan fingerprint density at radius 3 is 2.69 bits per heavy atom. The van der Waals surface area contributed by atoms with Crippen LogP contribution in [0.1, 0.15) is 18.2 Å². The number of non-ortho nitro benzene ring substituents is 1. The van der Waals surface area contributed by atoms with E-state index < -0.39 is 28.1 Å². The van der Waals surface area contributed by atoms with E-state index in [1.165, 1.54) is 32.2 Å². The lowest BCUT2D eigenvalue weighted by atomic mass is 10.1.